The summed E-state index contributed by atoms with van der Waals surface area (Å²) in [5.74, 6) is 2.00. The number of rotatable bonds is 4. The van der Waals surface area contributed by atoms with Gasteiger partial charge in [0, 0.05) is 12.0 Å². The zero-order chi connectivity index (χ0) is 13.1. The Labute approximate surface area is 117 Å². The monoisotopic (exact) mass is 277 g/mol. The maximum Gasteiger partial charge on any atom is 0.226 e. The van der Waals surface area contributed by atoms with Gasteiger partial charge in [-0.1, -0.05) is 28.9 Å². The average molecular weight is 278 g/mol. The van der Waals surface area contributed by atoms with E-state index in [0.29, 0.717) is 16.7 Å². The molecule has 2 heterocycles. The average Bonchev–Trinajstić information content (AvgIpc) is 3.08. The number of halogens is 1. The predicted molar refractivity (Wildman–Crippen MR) is 74.0 cm³/mol. The van der Waals surface area contributed by atoms with Crippen LogP contribution in [-0.2, 0) is 6.42 Å². The first-order valence-electron chi connectivity index (χ1n) is 6.61. The fourth-order valence-corrected chi connectivity index (χ4v) is 2.62. The number of benzene rings is 1. The summed E-state index contributed by atoms with van der Waals surface area (Å²) in [4.78, 5) is 4.42. The van der Waals surface area contributed by atoms with Crippen LogP contribution < -0.4 is 5.32 Å². The number of hydrogen-bond donors (Lipinski definition) is 1. The van der Waals surface area contributed by atoms with Gasteiger partial charge in [0.05, 0.1) is 5.02 Å². The van der Waals surface area contributed by atoms with E-state index in [0.717, 1.165) is 37.4 Å². The Morgan fingerprint density at radius 3 is 3.05 bits per heavy atom. The van der Waals surface area contributed by atoms with Crippen molar-refractivity contribution < 1.29 is 4.52 Å². The molecule has 0 radical (unpaired) electrons. The van der Waals surface area contributed by atoms with Crippen LogP contribution in [-0.4, -0.2) is 23.2 Å². The van der Waals surface area contributed by atoms with E-state index in [2.05, 4.69) is 15.5 Å². The van der Waals surface area contributed by atoms with Gasteiger partial charge in [0.2, 0.25) is 11.7 Å². The standard InChI is InChI=1S/C14H16ClN3O/c15-12-4-2-1-3-11(12)14-17-13(19-18-14)6-5-10-7-8-16-9-10/h1-4,10,16H,5-9H2. The van der Waals surface area contributed by atoms with Crippen LogP contribution in [0.5, 0.6) is 0 Å². The summed E-state index contributed by atoms with van der Waals surface area (Å²) in [6.07, 6.45) is 3.17. The highest BCUT2D eigenvalue weighted by Crippen LogP contribution is 2.25. The highest BCUT2D eigenvalue weighted by Gasteiger charge is 2.16. The third-order valence-corrected chi connectivity index (χ3v) is 3.84. The van der Waals surface area contributed by atoms with Gasteiger partial charge in [-0.05, 0) is 44.0 Å². The van der Waals surface area contributed by atoms with Crippen LogP contribution in [0.1, 0.15) is 18.7 Å². The molecule has 100 valence electrons. The lowest BCUT2D eigenvalue weighted by Crippen LogP contribution is -2.09. The Kier molecular flexibility index (Phi) is 3.80. The molecule has 2 aromatic rings. The smallest absolute Gasteiger partial charge is 0.226 e. The molecule has 0 bridgehead atoms. The fourth-order valence-electron chi connectivity index (χ4n) is 2.40. The molecule has 0 spiro atoms. The van der Waals surface area contributed by atoms with Gasteiger partial charge in [0.1, 0.15) is 0 Å². The van der Waals surface area contributed by atoms with Gasteiger partial charge < -0.3 is 9.84 Å². The number of aromatic nitrogens is 2. The molecular weight excluding hydrogens is 262 g/mol. The molecule has 19 heavy (non-hydrogen) atoms. The fraction of sp³-hybridized carbons (Fsp3) is 0.429. The van der Waals surface area contributed by atoms with Gasteiger partial charge in [-0.2, -0.15) is 4.98 Å². The molecule has 0 aliphatic carbocycles. The Bertz CT molecular complexity index is 549. The minimum absolute atomic E-state index is 0.574. The minimum Gasteiger partial charge on any atom is -0.339 e. The molecule has 1 atom stereocenters. The van der Waals surface area contributed by atoms with Crippen LogP contribution in [0, 0.1) is 5.92 Å². The Hall–Kier alpha value is -1.39. The first-order chi connectivity index (χ1) is 9.33. The van der Waals surface area contributed by atoms with E-state index in [-0.39, 0.29) is 0 Å². The van der Waals surface area contributed by atoms with Crippen LogP contribution in [0.15, 0.2) is 28.8 Å². The lowest BCUT2D eigenvalue weighted by atomic mass is 10.0. The van der Waals surface area contributed by atoms with E-state index in [9.17, 15) is 0 Å². The van der Waals surface area contributed by atoms with Crippen LogP contribution in [0.25, 0.3) is 11.4 Å². The second-order valence-electron chi connectivity index (χ2n) is 4.89. The molecule has 1 aliphatic heterocycles. The third kappa shape index (κ3) is 2.96. The van der Waals surface area contributed by atoms with Gasteiger partial charge in [-0.3, -0.25) is 0 Å². The molecule has 1 aliphatic rings. The molecule has 1 saturated heterocycles. The number of nitrogens with zero attached hydrogens (tertiary/aromatic N) is 2. The van der Waals surface area contributed by atoms with Crippen molar-refractivity contribution in [3.63, 3.8) is 0 Å². The second-order valence-corrected chi connectivity index (χ2v) is 5.30. The summed E-state index contributed by atoms with van der Waals surface area (Å²) < 4.78 is 5.29. The number of aryl methyl sites for hydroxylation is 1. The van der Waals surface area contributed by atoms with Crippen molar-refractivity contribution in [2.45, 2.75) is 19.3 Å². The first-order valence-corrected chi connectivity index (χ1v) is 6.99. The SMILES string of the molecule is Clc1ccccc1-c1noc(CCC2CCNC2)n1. The number of nitrogens with one attached hydrogen (secondary N) is 1. The molecule has 0 saturated carbocycles. The van der Waals surface area contributed by atoms with Crippen molar-refractivity contribution in [2.75, 3.05) is 13.1 Å². The zero-order valence-corrected chi connectivity index (χ0v) is 11.4. The maximum absolute atomic E-state index is 6.12. The van der Waals surface area contributed by atoms with Crippen molar-refractivity contribution in [3.8, 4) is 11.4 Å². The van der Waals surface area contributed by atoms with Crippen molar-refractivity contribution >= 4 is 11.6 Å². The molecule has 4 nitrogen and oxygen atoms in total. The highest BCUT2D eigenvalue weighted by atomic mass is 35.5. The summed E-state index contributed by atoms with van der Waals surface area (Å²) in [6, 6.07) is 7.54. The van der Waals surface area contributed by atoms with Crippen LogP contribution in [0.4, 0.5) is 0 Å². The zero-order valence-electron chi connectivity index (χ0n) is 10.6. The summed E-state index contributed by atoms with van der Waals surface area (Å²) in [6.45, 7) is 2.23. The van der Waals surface area contributed by atoms with E-state index in [1.165, 1.54) is 6.42 Å². The maximum atomic E-state index is 6.12. The van der Waals surface area contributed by atoms with E-state index >= 15 is 0 Å². The quantitative estimate of drug-likeness (QED) is 0.934. The molecule has 0 amide bonds. The van der Waals surface area contributed by atoms with E-state index in [1.54, 1.807) is 0 Å². The van der Waals surface area contributed by atoms with E-state index in [1.807, 2.05) is 24.3 Å². The Morgan fingerprint density at radius 1 is 1.37 bits per heavy atom. The molecule has 1 aromatic carbocycles. The number of hydrogen-bond acceptors (Lipinski definition) is 4. The summed E-state index contributed by atoms with van der Waals surface area (Å²) >= 11 is 6.12. The minimum atomic E-state index is 0.574. The topological polar surface area (TPSA) is 51.0 Å². The van der Waals surface area contributed by atoms with Crippen molar-refractivity contribution in [1.29, 1.82) is 0 Å². The van der Waals surface area contributed by atoms with Crippen LogP contribution in [0.3, 0.4) is 0 Å². The van der Waals surface area contributed by atoms with Gasteiger partial charge in [-0.15, -0.1) is 0 Å². The lowest BCUT2D eigenvalue weighted by molar-refractivity contribution is 0.365. The molecule has 1 N–H and O–H groups in total. The molecule has 3 rings (SSSR count). The van der Waals surface area contributed by atoms with Crippen LogP contribution >= 0.6 is 11.6 Å². The largest absolute Gasteiger partial charge is 0.339 e. The molecular formula is C14H16ClN3O. The molecule has 1 fully saturated rings. The van der Waals surface area contributed by atoms with Gasteiger partial charge in [0.25, 0.3) is 0 Å². The Balaban J connectivity index is 1.67. The first kappa shape index (κ1) is 12.6. The van der Waals surface area contributed by atoms with Gasteiger partial charge >= 0.3 is 0 Å². The van der Waals surface area contributed by atoms with Gasteiger partial charge in [0.15, 0.2) is 0 Å². The van der Waals surface area contributed by atoms with Crippen molar-refractivity contribution in [3.05, 3.63) is 35.2 Å². The Morgan fingerprint density at radius 2 is 2.26 bits per heavy atom. The second kappa shape index (κ2) is 5.72. The predicted octanol–water partition coefficient (Wildman–Crippen LogP) is 2.93. The molecule has 1 unspecified atom stereocenters. The van der Waals surface area contributed by atoms with E-state index < -0.39 is 0 Å². The lowest BCUT2D eigenvalue weighted by Gasteiger charge is -2.03. The van der Waals surface area contributed by atoms with Crippen molar-refractivity contribution in [2.24, 2.45) is 5.92 Å². The van der Waals surface area contributed by atoms with Gasteiger partial charge in [-0.25, -0.2) is 0 Å². The summed E-state index contributed by atoms with van der Waals surface area (Å²) in [5, 5.41) is 8.02. The molecule has 5 heteroatoms. The third-order valence-electron chi connectivity index (χ3n) is 3.51. The normalized spacial score (nSPS) is 18.9. The summed E-state index contributed by atoms with van der Waals surface area (Å²) in [5.41, 5.74) is 0.821. The molecule has 1 aromatic heterocycles. The highest BCUT2D eigenvalue weighted by molar-refractivity contribution is 6.33. The van der Waals surface area contributed by atoms with Crippen LogP contribution in [0.2, 0.25) is 5.02 Å². The summed E-state index contributed by atoms with van der Waals surface area (Å²) in [7, 11) is 0. The van der Waals surface area contributed by atoms with E-state index in [4.69, 9.17) is 16.1 Å². The van der Waals surface area contributed by atoms with Crippen molar-refractivity contribution in [1.82, 2.24) is 15.5 Å².